The molecule has 0 amide bonds. The van der Waals surface area contributed by atoms with E-state index in [9.17, 15) is 0 Å². The lowest BCUT2D eigenvalue weighted by Gasteiger charge is -2.58. The first kappa shape index (κ1) is 10.6. The molecule has 4 bridgehead atoms. The highest BCUT2D eigenvalue weighted by molar-refractivity contribution is 5.08. The Balaban J connectivity index is 1.71. The third-order valence-corrected chi connectivity index (χ3v) is 4.91. The number of hydrogen-bond donors (Lipinski definition) is 1. The van der Waals surface area contributed by atoms with Gasteiger partial charge >= 0.3 is 0 Å². The van der Waals surface area contributed by atoms with Gasteiger partial charge in [-0.1, -0.05) is 0 Å². The van der Waals surface area contributed by atoms with Crippen molar-refractivity contribution < 1.29 is 4.74 Å². The molecule has 0 aliphatic heterocycles. The zero-order valence-corrected chi connectivity index (χ0v) is 9.69. The molecule has 4 saturated carbocycles. The second-order valence-corrected chi connectivity index (χ2v) is 5.99. The zero-order chi connectivity index (χ0) is 11.2. The fourth-order valence-electron chi connectivity index (χ4n) is 4.48. The zero-order valence-electron chi connectivity index (χ0n) is 9.69. The molecule has 4 aliphatic carbocycles. The highest BCUT2D eigenvalue weighted by atomic mass is 16.5. The SMILES string of the molecule is N#CCCOC12CC3C[C@@H](C1)C(N)[C@@H](C3)C2. The van der Waals surface area contributed by atoms with E-state index in [4.69, 9.17) is 15.7 Å². The number of nitrogens with zero attached hydrogens (tertiary/aromatic N) is 1. The van der Waals surface area contributed by atoms with Crippen LogP contribution in [0.4, 0.5) is 0 Å². The van der Waals surface area contributed by atoms with Crippen LogP contribution in [0.5, 0.6) is 0 Å². The molecule has 2 N–H and O–H groups in total. The van der Waals surface area contributed by atoms with Gasteiger partial charge in [0.1, 0.15) is 0 Å². The maximum Gasteiger partial charge on any atom is 0.0692 e. The van der Waals surface area contributed by atoms with Crippen molar-refractivity contribution in [1.82, 2.24) is 0 Å². The highest BCUT2D eigenvalue weighted by Crippen LogP contribution is 2.56. The van der Waals surface area contributed by atoms with Gasteiger partial charge < -0.3 is 10.5 Å². The maximum atomic E-state index is 8.57. The minimum atomic E-state index is 0.100. The molecule has 0 spiro atoms. The van der Waals surface area contributed by atoms with Crippen LogP contribution >= 0.6 is 0 Å². The van der Waals surface area contributed by atoms with Crippen LogP contribution < -0.4 is 5.73 Å². The Bertz CT molecular complexity index is 306. The fourth-order valence-corrected chi connectivity index (χ4v) is 4.48. The van der Waals surface area contributed by atoms with Crippen molar-refractivity contribution in [3.05, 3.63) is 0 Å². The van der Waals surface area contributed by atoms with Crippen molar-refractivity contribution in [3.63, 3.8) is 0 Å². The van der Waals surface area contributed by atoms with Gasteiger partial charge in [-0.2, -0.15) is 5.26 Å². The van der Waals surface area contributed by atoms with Gasteiger partial charge in [-0.3, -0.25) is 0 Å². The average Bonchev–Trinajstić information content (AvgIpc) is 2.25. The quantitative estimate of drug-likeness (QED) is 0.738. The standard InChI is InChI=1S/C13H20N2O/c14-2-1-3-16-13-6-9-4-10(7-13)12(15)11(5-9)8-13/h9-12H,1,3-8,15H2/t9?,10-,11-,12?,13?/m0/s1. The molecule has 3 nitrogen and oxygen atoms in total. The molecule has 0 saturated heterocycles. The van der Waals surface area contributed by atoms with Gasteiger partial charge in [-0.15, -0.1) is 0 Å². The number of nitriles is 1. The van der Waals surface area contributed by atoms with E-state index in [0.717, 1.165) is 18.8 Å². The molecule has 0 aromatic carbocycles. The van der Waals surface area contributed by atoms with Gasteiger partial charge in [-0.05, 0) is 49.9 Å². The summed E-state index contributed by atoms with van der Waals surface area (Å²) in [4.78, 5) is 0. The van der Waals surface area contributed by atoms with E-state index in [2.05, 4.69) is 6.07 Å². The van der Waals surface area contributed by atoms with Gasteiger partial charge in [0.05, 0.1) is 24.7 Å². The van der Waals surface area contributed by atoms with Crippen LogP contribution in [0, 0.1) is 29.1 Å². The first-order valence-electron chi connectivity index (χ1n) is 6.49. The molecule has 4 fully saturated rings. The topological polar surface area (TPSA) is 59.0 Å². The smallest absolute Gasteiger partial charge is 0.0692 e. The lowest BCUT2D eigenvalue weighted by molar-refractivity contribution is -0.167. The molecule has 0 heterocycles. The molecular weight excluding hydrogens is 200 g/mol. The van der Waals surface area contributed by atoms with Crippen LogP contribution in [0.1, 0.15) is 38.5 Å². The van der Waals surface area contributed by atoms with Crippen molar-refractivity contribution >= 4 is 0 Å². The molecular formula is C13H20N2O. The van der Waals surface area contributed by atoms with E-state index < -0.39 is 0 Å². The van der Waals surface area contributed by atoms with E-state index in [1.165, 1.54) is 19.3 Å². The van der Waals surface area contributed by atoms with Crippen LogP contribution in [0.25, 0.3) is 0 Å². The number of hydrogen-bond acceptors (Lipinski definition) is 3. The summed E-state index contributed by atoms with van der Waals surface area (Å²) < 4.78 is 6.05. The summed E-state index contributed by atoms with van der Waals surface area (Å²) in [6.07, 6.45) is 6.67. The largest absolute Gasteiger partial charge is 0.374 e. The Labute approximate surface area is 96.9 Å². The Morgan fingerprint density at radius 3 is 2.56 bits per heavy atom. The molecule has 0 unspecified atom stereocenters. The van der Waals surface area contributed by atoms with Crippen molar-refractivity contribution in [3.8, 4) is 6.07 Å². The molecule has 4 aliphatic rings. The van der Waals surface area contributed by atoms with E-state index >= 15 is 0 Å². The average molecular weight is 220 g/mol. The van der Waals surface area contributed by atoms with Crippen LogP contribution in [0.3, 0.4) is 0 Å². The second-order valence-electron chi connectivity index (χ2n) is 5.99. The van der Waals surface area contributed by atoms with Gasteiger partial charge in [0.2, 0.25) is 0 Å². The molecule has 0 aromatic heterocycles. The summed E-state index contributed by atoms with van der Waals surface area (Å²) in [6, 6.07) is 2.58. The number of rotatable bonds is 3. The molecule has 16 heavy (non-hydrogen) atoms. The van der Waals surface area contributed by atoms with Crippen molar-refractivity contribution in [2.45, 2.75) is 50.2 Å². The third kappa shape index (κ3) is 1.56. The lowest BCUT2D eigenvalue weighted by atomic mass is 9.52. The number of nitrogens with two attached hydrogens (primary N) is 1. The van der Waals surface area contributed by atoms with Crippen LogP contribution in [0.2, 0.25) is 0 Å². The summed E-state index contributed by atoms with van der Waals surface area (Å²) in [5.41, 5.74) is 6.37. The monoisotopic (exact) mass is 220 g/mol. The summed E-state index contributed by atoms with van der Waals surface area (Å²) in [5.74, 6) is 2.22. The Morgan fingerprint density at radius 2 is 1.94 bits per heavy atom. The van der Waals surface area contributed by atoms with Crippen LogP contribution in [-0.2, 0) is 4.74 Å². The van der Waals surface area contributed by atoms with Gasteiger partial charge in [0.15, 0.2) is 0 Å². The Kier molecular flexibility index (Phi) is 2.45. The Morgan fingerprint density at radius 1 is 1.25 bits per heavy atom. The minimum absolute atomic E-state index is 0.100. The van der Waals surface area contributed by atoms with E-state index in [1.54, 1.807) is 0 Å². The van der Waals surface area contributed by atoms with Gasteiger partial charge in [-0.25, -0.2) is 0 Å². The van der Waals surface area contributed by atoms with Crippen LogP contribution in [0.15, 0.2) is 0 Å². The molecule has 88 valence electrons. The molecule has 0 radical (unpaired) electrons. The first-order chi connectivity index (χ1) is 7.72. The van der Waals surface area contributed by atoms with Crippen molar-refractivity contribution in [2.75, 3.05) is 6.61 Å². The third-order valence-electron chi connectivity index (χ3n) is 4.91. The van der Waals surface area contributed by atoms with E-state index in [0.29, 0.717) is 30.9 Å². The van der Waals surface area contributed by atoms with E-state index in [1.807, 2.05) is 0 Å². The number of ether oxygens (including phenoxy) is 1. The minimum Gasteiger partial charge on any atom is -0.374 e. The van der Waals surface area contributed by atoms with Gasteiger partial charge in [0.25, 0.3) is 0 Å². The lowest BCUT2D eigenvalue weighted by Crippen LogP contribution is -2.60. The highest BCUT2D eigenvalue weighted by Gasteiger charge is 2.54. The van der Waals surface area contributed by atoms with E-state index in [-0.39, 0.29) is 5.60 Å². The molecule has 2 atom stereocenters. The normalized spacial score (nSPS) is 49.2. The summed E-state index contributed by atoms with van der Waals surface area (Å²) >= 11 is 0. The summed E-state index contributed by atoms with van der Waals surface area (Å²) in [7, 11) is 0. The van der Waals surface area contributed by atoms with Crippen LogP contribution in [-0.4, -0.2) is 18.2 Å². The predicted molar refractivity (Wildman–Crippen MR) is 60.4 cm³/mol. The Hall–Kier alpha value is -0.590. The first-order valence-corrected chi connectivity index (χ1v) is 6.49. The maximum absolute atomic E-state index is 8.57. The summed E-state index contributed by atoms with van der Waals surface area (Å²) in [6.45, 7) is 0.609. The summed E-state index contributed by atoms with van der Waals surface area (Å²) in [5, 5.41) is 8.57. The fraction of sp³-hybridized carbons (Fsp3) is 0.923. The molecule has 4 rings (SSSR count). The second kappa shape index (κ2) is 3.72. The van der Waals surface area contributed by atoms with Crippen molar-refractivity contribution in [1.29, 1.82) is 5.26 Å². The predicted octanol–water partition coefficient (Wildman–Crippen LogP) is 1.82. The van der Waals surface area contributed by atoms with Gasteiger partial charge in [0, 0.05) is 6.04 Å². The van der Waals surface area contributed by atoms with Crippen molar-refractivity contribution in [2.24, 2.45) is 23.5 Å². The molecule has 3 heteroatoms. The molecule has 0 aromatic rings.